The van der Waals surface area contributed by atoms with Crippen molar-refractivity contribution in [1.82, 2.24) is 4.90 Å². The first-order valence-electron chi connectivity index (χ1n) is 9.24. The molecule has 1 aliphatic heterocycles. The van der Waals surface area contributed by atoms with Crippen LogP contribution in [0.3, 0.4) is 0 Å². The third kappa shape index (κ3) is 5.14. The number of nitrogens with zero attached hydrogens (tertiary/aromatic N) is 1. The Labute approximate surface area is 188 Å². The Kier molecular flexibility index (Phi) is 7.23. The number of ether oxygens (including phenoxy) is 2. The first-order chi connectivity index (χ1) is 13.9. The predicted octanol–water partition coefficient (Wildman–Crippen LogP) is 5.63. The molecule has 0 atom stereocenters. The molecule has 1 aliphatic rings. The van der Waals surface area contributed by atoms with Crippen LogP contribution < -0.4 is 9.47 Å². The number of amides is 2. The molecule has 0 unspecified atom stereocenters. The number of halogens is 1. The van der Waals surface area contributed by atoms with Gasteiger partial charge in [-0.15, -0.1) is 0 Å². The van der Waals surface area contributed by atoms with Crippen LogP contribution in [0.25, 0.3) is 6.08 Å². The second kappa shape index (κ2) is 9.67. The van der Waals surface area contributed by atoms with Crippen molar-refractivity contribution in [1.29, 1.82) is 0 Å². The van der Waals surface area contributed by atoms with Gasteiger partial charge in [0.1, 0.15) is 0 Å². The van der Waals surface area contributed by atoms with Crippen molar-refractivity contribution in [3.05, 3.63) is 61.6 Å². The molecule has 0 bridgehead atoms. The maximum Gasteiger partial charge on any atom is 0.293 e. The first kappa shape index (κ1) is 21.7. The van der Waals surface area contributed by atoms with Gasteiger partial charge in [0.2, 0.25) is 0 Å². The molecule has 0 spiro atoms. The summed E-state index contributed by atoms with van der Waals surface area (Å²) in [4.78, 5) is 26.9. The smallest absolute Gasteiger partial charge is 0.293 e. The van der Waals surface area contributed by atoms with Crippen LogP contribution in [0.5, 0.6) is 11.5 Å². The monoisotopic (exact) mass is 523 g/mol. The summed E-state index contributed by atoms with van der Waals surface area (Å²) in [6.07, 6.45) is 2.63. The molecule has 1 saturated heterocycles. The highest BCUT2D eigenvalue weighted by Gasteiger charge is 2.35. The van der Waals surface area contributed by atoms with Crippen molar-refractivity contribution in [2.24, 2.45) is 0 Å². The quantitative estimate of drug-likeness (QED) is 0.348. The van der Waals surface area contributed by atoms with Gasteiger partial charge < -0.3 is 9.47 Å². The highest BCUT2D eigenvalue weighted by atomic mass is 127. The van der Waals surface area contributed by atoms with Gasteiger partial charge in [0, 0.05) is 0 Å². The van der Waals surface area contributed by atoms with Crippen molar-refractivity contribution in [3.63, 3.8) is 0 Å². The Bertz CT molecular complexity index is 973. The Morgan fingerprint density at radius 3 is 2.69 bits per heavy atom. The van der Waals surface area contributed by atoms with Gasteiger partial charge in [-0.05, 0) is 77.0 Å². The number of hydrogen-bond acceptors (Lipinski definition) is 5. The van der Waals surface area contributed by atoms with E-state index in [2.05, 4.69) is 22.6 Å². The average Bonchev–Trinajstić information content (AvgIpc) is 2.94. The molecule has 1 fully saturated rings. The number of hydrogen-bond donors (Lipinski definition) is 0. The van der Waals surface area contributed by atoms with E-state index in [-0.39, 0.29) is 17.7 Å². The summed E-state index contributed by atoms with van der Waals surface area (Å²) in [6.45, 7) is 4.90. The molecule has 5 nitrogen and oxygen atoms in total. The molecule has 29 heavy (non-hydrogen) atoms. The van der Waals surface area contributed by atoms with E-state index in [1.165, 1.54) is 4.90 Å². The lowest BCUT2D eigenvalue weighted by atomic mass is 10.1. The highest BCUT2D eigenvalue weighted by molar-refractivity contribution is 14.1. The van der Waals surface area contributed by atoms with E-state index >= 15 is 0 Å². The van der Waals surface area contributed by atoms with E-state index in [1.54, 1.807) is 13.2 Å². The van der Waals surface area contributed by atoms with E-state index in [9.17, 15) is 9.59 Å². The zero-order valence-corrected chi connectivity index (χ0v) is 19.5. The molecule has 3 rings (SSSR count). The number of aryl methyl sites for hydroxylation is 1. The first-order valence-corrected chi connectivity index (χ1v) is 11.1. The minimum atomic E-state index is -0.276. The van der Waals surface area contributed by atoms with Gasteiger partial charge in [-0.25, -0.2) is 0 Å². The van der Waals surface area contributed by atoms with Crippen LogP contribution in [-0.2, 0) is 11.3 Å². The molecule has 0 N–H and O–H groups in total. The molecule has 7 heteroatoms. The van der Waals surface area contributed by atoms with Gasteiger partial charge in [-0.3, -0.25) is 14.5 Å². The Hall–Kier alpha value is -2.00. The minimum Gasteiger partial charge on any atom is -0.493 e. The van der Waals surface area contributed by atoms with Crippen molar-refractivity contribution < 1.29 is 19.1 Å². The van der Waals surface area contributed by atoms with Crippen LogP contribution >= 0.6 is 34.4 Å². The maximum absolute atomic E-state index is 12.8. The fourth-order valence-corrected chi connectivity index (χ4v) is 4.57. The van der Waals surface area contributed by atoms with Crippen LogP contribution in [0, 0.1) is 10.5 Å². The molecule has 2 aromatic carbocycles. The molecule has 0 saturated carbocycles. The number of carbonyl (C=O) groups excluding carboxylic acids is 2. The Balaban J connectivity index is 1.84. The van der Waals surface area contributed by atoms with E-state index < -0.39 is 0 Å². The average molecular weight is 523 g/mol. The van der Waals surface area contributed by atoms with E-state index in [0.717, 1.165) is 38.4 Å². The lowest BCUT2D eigenvalue weighted by molar-refractivity contribution is -0.123. The lowest BCUT2D eigenvalue weighted by Gasteiger charge is -2.13. The van der Waals surface area contributed by atoms with Crippen molar-refractivity contribution in [3.8, 4) is 11.5 Å². The molecule has 2 amide bonds. The third-order valence-corrected chi connectivity index (χ3v) is 6.01. The standard InChI is InChI=1S/C22H22INO4S/c1-4-8-28-20-17(23)10-16(11-18(20)27-3)12-19-21(25)24(22(26)29-19)13-15-7-5-6-14(2)9-15/h5-7,9-12H,4,8,13H2,1-3H3/b19-12-. The van der Waals surface area contributed by atoms with Crippen molar-refractivity contribution in [2.75, 3.05) is 13.7 Å². The van der Waals surface area contributed by atoms with Crippen molar-refractivity contribution in [2.45, 2.75) is 26.8 Å². The van der Waals surface area contributed by atoms with Gasteiger partial charge in [-0.1, -0.05) is 36.8 Å². The zero-order chi connectivity index (χ0) is 21.0. The molecular weight excluding hydrogens is 501 g/mol. The molecule has 1 heterocycles. The molecular formula is C22H22INO4S. The number of rotatable bonds is 7. The zero-order valence-electron chi connectivity index (χ0n) is 16.5. The second-order valence-electron chi connectivity index (χ2n) is 6.64. The predicted molar refractivity (Wildman–Crippen MR) is 124 cm³/mol. The number of carbonyl (C=O) groups is 2. The van der Waals surface area contributed by atoms with Crippen molar-refractivity contribution >= 4 is 51.6 Å². The van der Waals surface area contributed by atoms with Crippen LogP contribution in [-0.4, -0.2) is 29.8 Å². The summed E-state index contributed by atoms with van der Waals surface area (Å²) in [7, 11) is 1.59. The Morgan fingerprint density at radius 1 is 1.21 bits per heavy atom. The van der Waals surface area contributed by atoms with Gasteiger partial charge >= 0.3 is 0 Å². The van der Waals surface area contributed by atoms with Crippen LogP contribution in [0.4, 0.5) is 4.79 Å². The molecule has 0 aromatic heterocycles. The van der Waals surface area contributed by atoms with E-state index in [1.807, 2.05) is 50.2 Å². The third-order valence-electron chi connectivity index (χ3n) is 4.30. The van der Waals surface area contributed by atoms with Gasteiger partial charge in [0.25, 0.3) is 11.1 Å². The van der Waals surface area contributed by atoms with Gasteiger partial charge in [0.15, 0.2) is 11.5 Å². The van der Waals surface area contributed by atoms with Gasteiger partial charge in [-0.2, -0.15) is 0 Å². The highest BCUT2D eigenvalue weighted by Crippen LogP contribution is 2.37. The van der Waals surface area contributed by atoms with Crippen LogP contribution in [0.1, 0.15) is 30.0 Å². The van der Waals surface area contributed by atoms with E-state index in [0.29, 0.717) is 23.0 Å². The summed E-state index contributed by atoms with van der Waals surface area (Å²) >= 11 is 3.15. The van der Waals surface area contributed by atoms with Gasteiger partial charge in [0.05, 0.1) is 28.7 Å². The second-order valence-corrected chi connectivity index (χ2v) is 8.79. The number of thioether (sulfide) groups is 1. The summed E-state index contributed by atoms with van der Waals surface area (Å²) in [5, 5.41) is -0.257. The molecule has 0 aliphatic carbocycles. The van der Waals surface area contributed by atoms with Crippen LogP contribution in [0.2, 0.25) is 0 Å². The molecule has 2 aromatic rings. The molecule has 152 valence electrons. The Morgan fingerprint density at radius 2 is 2.00 bits per heavy atom. The fraction of sp³-hybridized carbons (Fsp3) is 0.273. The summed E-state index contributed by atoms with van der Waals surface area (Å²) in [5.41, 5.74) is 2.82. The van der Waals surface area contributed by atoms with E-state index in [4.69, 9.17) is 9.47 Å². The minimum absolute atomic E-state index is 0.257. The van der Waals surface area contributed by atoms with Crippen LogP contribution in [0.15, 0.2) is 41.3 Å². The number of benzene rings is 2. The SMILES string of the molecule is CCCOc1c(I)cc(/C=C2\SC(=O)N(Cc3cccc(C)c3)C2=O)cc1OC. The lowest BCUT2D eigenvalue weighted by Crippen LogP contribution is -2.27. The molecule has 0 radical (unpaired) electrons. The normalized spacial score (nSPS) is 15.3. The maximum atomic E-state index is 12.8. The fourth-order valence-electron chi connectivity index (χ4n) is 2.95. The largest absolute Gasteiger partial charge is 0.493 e. The summed E-state index contributed by atoms with van der Waals surface area (Å²) < 4.78 is 12.1. The number of imide groups is 1. The summed E-state index contributed by atoms with van der Waals surface area (Å²) in [5.74, 6) is 1.03. The number of methoxy groups -OCH3 is 1. The summed E-state index contributed by atoms with van der Waals surface area (Å²) in [6, 6.07) is 11.6. The topological polar surface area (TPSA) is 55.8 Å².